The molecule has 0 spiro atoms. The molecule has 0 amide bonds. The van der Waals surface area contributed by atoms with E-state index in [1.165, 1.54) is 11.1 Å². The van der Waals surface area contributed by atoms with Gasteiger partial charge in [-0.15, -0.1) is 12.8 Å². The molecule has 27 heavy (non-hydrogen) atoms. The molecule has 1 rings (SSSR count). The number of nitrogens with one attached hydrogen (secondary N) is 2. The molecule has 0 unspecified atom stereocenters. The maximum Gasteiger partial charge on any atom is 0.137 e. The minimum atomic E-state index is 0.448. The third kappa shape index (κ3) is 9.48. The quantitative estimate of drug-likeness (QED) is 0.164. The van der Waals surface area contributed by atoms with Crippen LogP contribution in [0.25, 0.3) is 0 Å². The van der Waals surface area contributed by atoms with E-state index in [1.807, 2.05) is 13.0 Å². The van der Waals surface area contributed by atoms with Crippen LogP contribution in [0, 0.1) is 26.7 Å². The van der Waals surface area contributed by atoms with Crippen molar-refractivity contribution in [1.82, 2.24) is 10.6 Å². The molecule has 0 atom stereocenters. The number of terminal acetylenes is 1. The van der Waals surface area contributed by atoms with Crippen LogP contribution in [0.3, 0.4) is 0 Å². The second kappa shape index (κ2) is 14.4. The summed E-state index contributed by atoms with van der Waals surface area (Å²) in [6.07, 6.45) is 14.7. The summed E-state index contributed by atoms with van der Waals surface area (Å²) in [5, 5.41) is 6.50. The second-order valence-corrected chi connectivity index (χ2v) is 5.82. The van der Waals surface area contributed by atoms with E-state index in [2.05, 4.69) is 87.0 Å². The van der Waals surface area contributed by atoms with E-state index < -0.39 is 0 Å². The Bertz CT molecular complexity index is 677. The first kappa shape index (κ1) is 24.2. The Morgan fingerprint density at radius 2 is 1.85 bits per heavy atom. The van der Waals surface area contributed by atoms with Crippen LogP contribution in [0.1, 0.15) is 43.9 Å². The first-order valence-corrected chi connectivity index (χ1v) is 9.08. The zero-order chi connectivity index (χ0) is 20.7. The first-order chi connectivity index (χ1) is 13.0. The van der Waals surface area contributed by atoms with Gasteiger partial charge in [-0.2, -0.15) is 0 Å². The molecule has 4 nitrogen and oxygen atoms in total. The molecule has 0 aliphatic heterocycles. The Kier molecular flexibility index (Phi) is 12.9. The first-order valence-electron chi connectivity index (χ1n) is 9.08. The van der Waals surface area contributed by atoms with Crippen LogP contribution in [-0.4, -0.2) is 19.2 Å². The van der Waals surface area contributed by atoms with Gasteiger partial charge in [0.05, 0.1) is 0 Å². The number of nitrogens with zero attached hydrogens (tertiary/aromatic N) is 1. The summed E-state index contributed by atoms with van der Waals surface area (Å²) < 4.78 is 5.25. The number of allylic oxidation sites excluding steroid dienone is 3. The van der Waals surface area contributed by atoms with E-state index in [0.717, 1.165) is 29.2 Å². The summed E-state index contributed by atoms with van der Waals surface area (Å²) in [7, 11) is 0. The summed E-state index contributed by atoms with van der Waals surface area (Å²) in [5.41, 5.74) is 5.36. The molecule has 0 bridgehead atoms. The number of amidine groups is 1. The van der Waals surface area contributed by atoms with E-state index >= 15 is 0 Å². The molecule has 0 aliphatic carbocycles. The van der Waals surface area contributed by atoms with Gasteiger partial charge in [-0.1, -0.05) is 37.8 Å². The average molecular weight is 368 g/mol. The van der Waals surface area contributed by atoms with E-state index in [-0.39, 0.29) is 0 Å². The third-order valence-corrected chi connectivity index (χ3v) is 3.63. The predicted molar refractivity (Wildman–Crippen MR) is 117 cm³/mol. The lowest BCUT2D eigenvalue weighted by atomic mass is 10.0. The Morgan fingerprint density at radius 3 is 2.41 bits per heavy atom. The number of benzene rings is 1. The monoisotopic (exact) mass is 367 g/mol. The van der Waals surface area contributed by atoms with E-state index in [4.69, 9.17) is 4.74 Å². The van der Waals surface area contributed by atoms with E-state index in [1.54, 1.807) is 6.20 Å². The van der Waals surface area contributed by atoms with E-state index in [9.17, 15) is 0 Å². The summed E-state index contributed by atoms with van der Waals surface area (Å²) in [6, 6.07) is 6.27. The van der Waals surface area contributed by atoms with Gasteiger partial charge in [0.1, 0.15) is 12.6 Å². The molecule has 0 saturated heterocycles. The Morgan fingerprint density at radius 1 is 1.22 bits per heavy atom. The van der Waals surface area contributed by atoms with Crippen molar-refractivity contribution in [1.29, 1.82) is 0 Å². The minimum Gasteiger partial charge on any atom is -0.363 e. The van der Waals surface area contributed by atoms with Crippen molar-refractivity contribution in [2.75, 3.05) is 13.3 Å². The maximum atomic E-state index is 5.25. The minimum absolute atomic E-state index is 0.448. The van der Waals surface area contributed by atoms with Crippen molar-refractivity contribution >= 4 is 5.84 Å². The average Bonchev–Trinajstić information content (AvgIpc) is 2.63. The van der Waals surface area contributed by atoms with Crippen LogP contribution in [0.5, 0.6) is 0 Å². The lowest BCUT2D eigenvalue weighted by molar-refractivity contribution is 0.137. The van der Waals surface area contributed by atoms with Crippen LogP contribution in [-0.2, 0) is 4.74 Å². The molecule has 146 valence electrons. The summed E-state index contributed by atoms with van der Waals surface area (Å²) in [5.74, 6) is 0.839. The standard InChI is InChI=1S/C21H31N3O.C2H2/c1-7-10-19(6)24-21(20-16(3)11-9-12-17(20)4)22-14-13-18(5)23-15-25-8-2;1-2/h9-14,23H,5,7-8,15H2,1-4,6H3,(H,22,24);1-2H/b14-13+,19-10+;. The number of aliphatic imine (C=N–C) groups is 1. The molecule has 1 aromatic carbocycles. The van der Waals surface area contributed by atoms with Gasteiger partial charge in [-0.25, -0.2) is 4.99 Å². The highest BCUT2D eigenvalue weighted by Gasteiger charge is 2.09. The Hall–Kier alpha value is -2.77. The molecular formula is C23H33N3O. The van der Waals surface area contributed by atoms with E-state index in [0.29, 0.717) is 13.3 Å². The van der Waals surface area contributed by atoms with Crippen molar-refractivity contribution in [3.8, 4) is 12.8 Å². The van der Waals surface area contributed by atoms with Crippen LogP contribution >= 0.6 is 0 Å². The summed E-state index contributed by atoms with van der Waals surface area (Å²) in [4.78, 5) is 4.65. The summed E-state index contributed by atoms with van der Waals surface area (Å²) >= 11 is 0. The highest BCUT2D eigenvalue weighted by atomic mass is 16.5. The lowest BCUT2D eigenvalue weighted by Crippen LogP contribution is -2.24. The second-order valence-electron chi connectivity index (χ2n) is 5.82. The van der Waals surface area contributed by atoms with Crippen molar-refractivity contribution in [2.24, 2.45) is 4.99 Å². The molecule has 1 aromatic rings. The van der Waals surface area contributed by atoms with Gasteiger partial charge in [0.2, 0.25) is 0 Å². The number of aryl methyl sites for hydroxylation is 2. The van der Waals surface area contributed by atoms with Gasteiger partial charge >= 0.3 is 0 Å². The number of hydrogen-bond donors (Lipinski definition) is 2. The molecule has 0 aliphatic rings. The highest BCUT2D eigenvalue weighted by Crippen LogP contribution is 2.14. The number of rotatable bonds is 9. The number of hydrogen-bond acceptors (Lipinski definition) is 3. The fraction of sp³-hybridized carbons (Fsp3) is 0.348. The van der Waals surface area contributed by atoms with Crippen LogP contribution in [0.4, 0.5) is 0 Å². The van der Waals surface area contributed by atoms with Gasteiger partial charge in [0.15, 0.2) is 0 Å². The Labute approximate surface area is 165 Å². The fourth-order valence-corrected chi connectivity index (χ4v) is 2.40. The largest absolute Gasteiger partial charge is 0.363 e. The van der Waals surface area contributed by atoms with Gasteiger partial charge in [-0.3, -0.25) is 0 Å². The maximum absolute atomic E-state index is 5.25. The van der Waals surface area contributed by atoms with Crippen LogP contribution in [0.2, 0.25) is 0 Å². The van der Waals surface area contributed by atoms with Crippen molar-refractivity contribution in [3.05, 3.63) is 71.2 Å². The van der Waals surface area contributed by atoms with Gasteiger partial charge in [0.25, 0.3) is 0 Å². The third-order valence-electron chi connectivity index (χ3n) is 3.63. The molecule has 0 aromatic heterocycles. The molecule has 2 N–H and O–H groups in total. The molecular weight excluding hydrogens is 334 g/mol. The zero-order valence-corrected chi connectivity index (χ0v) is 17.3. The lowest BCUT2D eigenvalue weighted by Gasteiger charge is -2.15. The normalized spacial score (nSPS) is 11.7. The molecule has 0 saturated carbocycles. The van der Waals surface area contributed by atoms with Crippen LogP contribution in [0.15, 0.2) is 59.5 Å². The molecule has 0 heterocycles. The fourth-order valence-electron chi connectivity index (χ4n) is 2.40. The van der Waals surface area contributed by atoms with Gasteiger partial charge < -0.3 is 15.4 Å². The zero-order valence-electron chi connectivity index (χ0n) is 17.3. The highest BCUT2D eigenvalue weighted by molar-refractivity contribution is 6.02. The predicted octanol–water partition coefficient (Wildman–Crippen LogP) is 4.81. The van der Waals surface area contributed by atoms with Gasteiger partial charge in [-0.05, 0) is 51.3 Å². The van der Waals surface area contributed by atoms with Crippen molar-refractivity contribution in [3.63, 3.8) is 0 Å². The summed E-state index contributed by atoms with van der Waals surface area (Å²) in [6.45, 7) is 15.4. The van der Waals surface area contributed by atoms with Crippen LogP contribution < -0.4 is 10.6 Å². The molecule has 0 radical (unpaired) electrons. The van der Waals surface area contributed by atoms with Crippen molar-refractivity contribution < 1.29 is 4.74 Å². The van der Waals surface area contributed by atoms with Gasteiger partial charge in [0, 0.05) is 29.8 Å². The molecule has 4 heteroatoms. The topological polar surface area (TPSA) is 45.7 Å². The van der Waals surface area contributed by atoms with Crippen molar-refractivity contribution in [2.45, 2.75) is 41.0 Å². The number of ether oxygens (including phenoxy) is 1. The SMILES string of the molecule is C#C.C=C(/C=C/N=C(N/C(C)=C/CC)c1c(C)cccc1C)NCOCC. The smallest absolute Gasteiger partial charge is 0.137 e. The Balaban J connectivity index is 0.00000326. The molecule has 0 fully saturated rings.